The van der Waals surface area contributed by atoms with Crippen molar-refractivity contribution < 1.29 is 37.4 Å². The fourth-order valence-corrected chi connectivity index (χ4v) is 4.28. The van der Waals surface area contributed by atoms with E-state index in [9.17, 15) is 27.6 Å². The number of primary sulfonamides is 1. The highest BCUT2D eigenvalue weighted by Gasteiger charge is 2.44. The van der Waals surface area contributed by atoms with Gasteiger partial charge in [0.2, 0.25) is 21.8 Å². The summed E-state index contributed by atoms with van der Waals surface area (Å²) in [5.74, 6) is -2.27. The van der Waals surface area contributed by atoms with E-state index < -0.39 is 46.2 Å². The Morgan fingerprint density at radius 2 is 1.71 bits per heavy atom. The predicted molar refractivity (Wildman–Crippen MR) is 124 cm³/mol. The SMILES string of the molecule is COc1ccc(N2C(=O)CC(N(CCc3ccc(S(N)(=O)=O)cc3)C(=O)CCC(=O)O)C2=O)cc1. The van der Waals surface area contributed by atoms with E-state index in [1.807, 2.05) is 0 Å². The van der Waals surface area contributed by atoms with E-state index >= 15 is 0 Å². The predicted octanol–water partition coefficient (Wildman–Crippen LogP) is 0.911. The quantitative estimate of drug-likeness (QED) is 0.452. The van der Waals surface area contributed by atoms with Crippen LogP contribution in [-0.4, -0.2) is 61.8 Å². The molecule has 0 bridgehead atoms. The number of nitrogens with two attached hydrogens (primary N) is 1. The molecule has 186 valence electrons. The molecule has 3 N–H and O–H groups in total. The number of benzene rings is 2. The van der Waals surface area contributed by atoms with Crippen LogP contribution in [0.4, 0.5) is 5.69 Å². The molecule has 1 saturated heterocycles. The van der Waals surface area contributed by atoms with E-state index in [0.29, 0.717) is 17.0 Å². The van der Waals surface area contributed by atoms with Crippen molar-refractivity contribution in [3.05, 3.63) is 54.1 Å². The van der Waals surface area contributed by atoms with Gasteiger partial charge >= 0.3 is 5.97 Å². The summed E-state index contributed by atoms with van der Waals surface area (Å²) in [5, 5.41) is 14.1. The fourth-order valence-electron chi connectivity index (χ4n) is 3.77. The third-order valence-electron chi connectivity index (χ3n) is 5.60. The van der Waals surface area contributed by atoms with Crippen LogP contribution in [0.5, 0.6) is 5.75 Å². The lowest BCUT2D eigenvalue weighted by atomic mass is 10.1. The zero-order valence-corrected chi connectivity index (χ0v) is 19.7. The summed E-state index contributed by atoms with van der Waals surface area (Å²) in [4.78, 5) is 51.9. The Morgan fingerprint density at radius 1 is 1.09 bits per heavy atom. The van der Waals surface area contributed by atoms with Crippen LogP contribution in [0.3, 0.4) is 0 Å². The maximum Gasteiger partial charge on any atom is 0.303 e. The number of sulfonamides is 1. The van der Waals surface area contributed by atoms with Crippen molar-refractivity contribution >= 4 is 39.4 Å². The number of carboxylic acids is 1. The molecular weight excluding hydrogens is 478 g/mol. The Kier molecular flexibility index (Phi) is 7.87. The number of amides is 3. The standard InChI is InChI=1S/C23H25N3O8S/c1-34-17-6-4-16(5-7-17)26-21(28)14-19(23(26)31)25(20(27)10-11-22(29)30)13-12-15-2-8-18(9-3-15)35(24,32)33/h2-9,19H,10-14H2,1H3,(H,29,30)(H2,24,32,33). The smallest absolute Gasteiger partial charge is 0.303 e. The van der Waals surface area contributed by atoms with Crippen LogP contribution < -0.4 is 14.8 Å². The van der Waals surface area contributed by atoms with Gasteiger partial charge in [0.05, 0.1) is 30.5 Å². The molecule has 3 amide bonds. The van der Waals surface area contributed by atoms with Crippen LogP contribution in [0.1, 0.15) is 24.8 Å². The van der Waals surface area contributed by atoms with E-state index in [0.717, 1.165) is 4.90 Å². The average Bonchev–Trinajstić information content (AvgIpc) is 3.11. The van der Waals surface area contributed by atoms with Gasteiger partial charge in [-0.05, 0) is 48.4 Å². The first-order chi connectivity index (χ1) is 16.5. The first-order valence-corrected chi connectivity index (χ1v) is 12.2. The molecule has 0 spiro atoms. The lowest BCUT2D eigenvalue weighted by Gasteiger charge is -2.28. The number of anilines is 1. The highest BCUT2D eigenvalue weighted by atomic mass is 32.2. The zero-order chi connectivity index (χ0) is 25.8. The number of rotatable bonds is 10. The van der Waals surface area contributed by atoms with Gasteiger partial charge in [-0.3, -0.25) is 19.2 Å². The van der Waals surface area contributed by atoms with Gasteiger partial charge in [-0.25, -0.2) is 18.5 Å². The summed E-state index contributed by atoms with van der Waals surface area (Å²) >= 11 is 0. The molecule has 1 fully saturated rings. The fraction of sp³-hybridized carbons (Fsp3) is 0.304. The lowest BCUT2D eigenvalue weighted by Crippen LogP contribution is -2.46. The second-order valence-corrected chi connectivity index (χ2v) is 9.47. The van der Waals surface area contributed by atoms with Crippen LogP contribution in [0.15, 0.2) is 53.4 Å². The Hall–Kier alpha value is -3.77. The number of methoxy groups -OCH3 is 1. The van der Waals surface area contributed by atoms with Gasteiger partial charge in [-0.15, -0.1) is 0 Å². The van der Waals surface area contributed by atoms with Crippen LogP contribution in [-0.2, 0) is 35.6 Å². The normalized spacial score (nSPS) is 15.8. The minimum absolute atomic E-state index is 0.0211. The molecule has 2 aromatic carbocycles. The number of hydrogen-bond acceptors (Lipinski definition) is 7. The molecule has 2 aromatic rings. The van der Waals surface area contributed by atoms with Crippen LogP contribution >= 0.6 is 0 Å². The minimum atomic E-state index is -3.86. The summed E-state index contributed by atoms with van der Waals surface area (Å²) in [5.41, 5.74) is 0.997. The average molecular weight is 504 g/mol. The molecule has 0 aromatic heterocycles. The zero-order valence-electron chi connectivity index (χ0n) is 18.9. The monoisotopic (exact) mass is 503 g/mol. The maximum atomic E-state index is 13.2. The molecule has 35 heavy (non-hydrogen) atoms. The second-order valence-electron chi connectivity index (χ2n) is 7.91. The van der Waals surface area contributed by atoms with E-state index in [4.69, 9.17) is 15.0 Å². The van der Waals surface area contributed by atoms with Gasteiger partial charge in [0.15, 0.2) is 0 Å². The number of carbonyl (C=O) groups is 4. The van der Waals surface area contributed by atoms with Crippen molar-refractivity contribution in [2.75, 3.05) is 18.6 Å². The van der Waals surface area contributed by atoms with Gasteiger partial charge in [-0.2, -0.15) is 0 Å². The molecule has 3 rings (SSSR count). The van der Waals surface area contributed by atoms with Crippen LogP contribution in [0.2, 0.25) is 0 Å². The first kappa shape index (κ1) is 25.8. The van der Waals surface area contributed by atoms with Crippen LogP contribution in [0, 0.1) is 0 Å². The van der Waals surface area contributed by atoms with Crippen molar-refractivity contribution in [1.82, 2.24) is 4.90 Å². The Labute approximate surface area is 202 Å². The largest absolute Gasteiger partial charge is 0.497 e. The van der Waals surface area contributed by atoms with Crippen molar-refractivity contribution in [3.8, 4) is 5.75 Å². The van der Waals surface area contributed by atoms with E-state index in [1.165, 1.54) is 36.3 Å². The topological polar surface area (TPSA) is 164 Å². The summed E-state index contributed by atoms with van der Waals surface area (Å²) in [6.07, 6.45) is -0.756. The second kappa shape index (κ2) is 10.7. The van der Waals surface area contributed by atoms with E-state index in [-0.39, 0.29) is 30.7 Å². The van der Waals surface area contributed by atoms with Crippen LogP contribution in [0.25, 0.3) is 0 Å². The lowest BCUT2D eigenvalue weighted by molar-refractivity contribution is -0.143. The van der Waals surface area contributed by atoms with Gasteiger partial charge in [0.25, 0.3) is 5.91 Å². The highest BCUT2D eigenvalue weighted by Crippen LogP contribution is 2.28. The van der Waals surface area contributed by atoms with E-state index in [1.54, 1.807) is 24.3 Å². The number of hydrogen-bond donors (Lipinski definition) is 2. The summed E-state index contributed by atoms with van der Waals surface area (Å²) in [6, 6.07) is 11.0. The summed E-state index contributed by atoms with van der Waals surface area (Å²) < 4.78 is 28.0. The number of carbonyl (C=O) groups excluding carboxylic acids is 3. The summed E-state index contributed by atoms with van der Waals surface area (Å²) in [6.45, 7) is 0.0211. The first-order valence-electron chi connectivity index (χ1n) is 10.6. The Morgan fingerprint density at radius 3 is 2.26 bits per heavy atom. The molecule has 12 heteroatoms. The van der Waals surface area contributed by atoms with Gasteiger partial charge < -0.3 is 14.7 Å². The van der Waals surface area contributed by atoms with E-state index in [2.05, 4.69) is 0 Å². The molecule has 0 saturated carbocycles. The highest BCUT2D eigenvalue weighted by molar-refractivity contribution is 7.89. The molecule has 0 radical (unpaired) electrons. The Bertz CT molecular complexity index is 1230. The molecule has 11 nitrogen and oxygen atoms in total. The maximum absolute atomic E-state index is 13.2. The molecule has 1 heterocycles. The minimum Gasteiger partial charge on any atom is -0.497 e. The third-order valence-corrected chi connectivity index (χ3v) is 6.53. The van der Waals surface area contributed by atoms with Gasteiger partial charge in [-0.1, -0.05) is 12.1 Å². The van der Waals surface area contributed by atoms with Gasteiger partial charge in [0, 0.05) is 13.0 Å². The van der Waals surface area contributed by atoms with Crippen molar-refractivity contribution in [2.45, 2.75) is 36.6 Å². The summed E-state index contributed by atoms with van der Waals surface area (Å²) in [7, 11) is -2.37. The Balaban J connectivity index is 1.81. The molecule has 1 atom stereocenters. The van der Waals surface area contributed by atoms with Crippen molar-refractivity contribution in [2.24, 2.45) is 5.14 Å². The molecule has 1 unspecified atom stereocenters. The number of imide groups is 1. The molecule has 1 aliphatic heterocycles. The van der Waals surface area contributed by atoms with Crippen molar-refractivity contribution in [1.29, 1.82) is 0 Å². The molecule has 1 aliphatic rings. The van der Waals surface area contributed by atoms with Crippen molar-refractivity contribution in [3.63, 3.8) is 0 Å². The number of carboxylic acid groups (broad SMARTS) is 1. The third kappa shape index (κ3) is 6.22. The number of nitrogens with zero attached hydrogens (tertiary/aromatic N) is 2. The molecular formula is C23H25N3O8S. The molecule has 0 aliphatic carbocycles. The number of ether oxygens (including phenoxy) is 1. The number of aliphatic carboxylic acids is 1. The van der Waals surface area contributed by atoms with Gasteiger partial charge in [0.1, 0.15) is 11.8 Å².